The van der Waals surface area contributed by atoms with Crippen molar-refractivity contribution in [1.82, 2.24) is 0 Å². The Morgan fingerprint density at radius 1 is 0.767 bits per heavy atom. The quantitative estimate of drug-likeness (QED) is 0.138. The van der Waals surface area contributed by atoms with Gasteiger partial charge in [0.1, 0.15) is 5.82 Å². The number of benzene rings is 2. The second-order valence-corrected chi connectivity index (χ2v) is 13.4. The average molecular weight is 597 g/mol. The van der Waals surface area contributed by atoms with E-state index in [0.29, 0.717) is 18.3 Å². The molecule has 0 unspecified atom stereocenters. The fraction of sp³-hybridized carbons (Fsp3) is 0.641. The summed E-state index contributed by atoms with van der Waals surface area (Å²) >= 11 is 0. The molecule has 0 aromatic heterocycles. The molecule has 4 heteroatoms. The van der Waals surface area contributed by atoms with Crippen LogP contribution in [0.3, 0.4) is 0 Å². The zero-order chi connectivity index (χ0) is 30.5. The summed E-state index contributed by atoms with van der Waals surface area (Å²) in [6.07, 6.45) is 20.9. The number of ether oxygens (including phenoxy) is 1. The van der Waals surface area contributed by atoms with Crippen molar-refractivity contribution in [1.29, 1.82) is 0 Å². The Hall–Kier alpha value is -2.07. The molecule has 43 heavy (non-hydrogen) atoms. The minimum absolute atomic E-state index is 0.159. The number of halogens is 3. The maximum absolute atomic E-state index is 14.9. The van der Waals surface area contributed by atoms with Gasteiger partial charge in [-0.05, 0) is 130 Å². The number of hydrogen-bond donors (Lipinski definition) is 0. The summed E-state index contributed by atoms with van der Waals surface area (Å²) in [6.45, 7) is 4.15. The normalized spacial score (nSPS) is 23.2. The van der Waals surface area contributed by atoms with Crippen molar-refractivity contribution in [3.8, 4) is 0 Å². The summed E-state index contributed by atoms with van der Waals surface area (Å²) in [6, 6.07) is 12.6. The van der Waals surface area contributed by atoms with Crippen LogP contribution in [0.1, 0.15) is 151 Å². The van der Waals surface area contributed by atoms with E-state index in [1.807, 2.05) is 19.1 Å². The van der Waals surface area contributed by atoms with Gasteiger partial charge in [0.2, 0.25) is 0 Å². The molecule has 2 aromatic rings. The van der Waals surface area contributed by atoms with Gasteiger partial charge >= 0.3 is 6.11 Å². The highest BCUT2D eigenvalue weighted by molar-refractivity contribution is 5.29. The highest BCUT2D eigenvalue weighted by atomic mass is 19.3. The Labute approximate surface area is 259 Å². The lowest BCUT2D eigenvalue weighted by Crippen LogP contribution is -2.22. The second kappa shape index (κ2) is 17.4. The number of unbranched alkanes of at least 4 members (excludes halogenated alkanes) is 4. The standard InChI is InChI=1S/C39H55F3O/c1-3-5-7-8-10-12-31-13-19-33(20-14-31)34-21-17-32(18-22-34)27-28-43-39(41,42)37-26-25-36(29-38(37)40)35-23-15-30(16-24-35)11-9-6-4-2/h4,6,17-18,21-22,25-26,29-31,33,35H,3,5,7-16,19-20,23-24,27-28H2,1-2H3/b6-4+/t30-,31-,33-,35-. The van der Waals surface area contributed by atoms with Crippen molar-refractivity contribution in [2.24, 2.45) is 11.8 Å². The van der Waals surface area contributed by atoms with Crippen LogP contribution in [0.15, 0.2) is 54.6 Å². The van der Waals surface area contributed by atoms with Crippen molar-refractivity contribution in [3.63, 3.8) is 0 Å². The van der Waals surface area contributed by atoms with Gasteiger partial charge in [0.05, 0.1) is 12.2 Å². The van der Waals surface area contributed by atoms with Crippen molar-refractivity contribution in [2.45, 2.75) is 141 Å². The van der Waals surface area contributed by atoms with Crippen LogP contribution >= 0.6 is 0 Å². The van der Waals surface area contributed by atoms with E-state index < -0.39 is 17.5 Å². The highest BCUT2D eigenvalue weighted by Gasteiger charge is 2.36. The van der Waals surface area contributed by atoms with Gasteiger partial charge in [0.15, 0.2) is 0 Å². The Balaban J connectivity index is 1.19. The molecule has 0 radical (unpaired) electrons. The summed E-state index contributed by atoms with van der Waals surface area (Å²) in [5, 5.41) is 0. The summed E-state index contributed by atoms with van der Waals surface area (Å²) in [5.74, 6) is 1.58. The van der Waals surface area contributed by atoms with E-state index in [9.17, 15) is 13.2 Å². The van der Waals surface area contributed by atoms with Crippen LogP contribution in [-0.2, 0) is 17.3 Å². The third kappa shape index (κ3) is 10.5. The molecule has 2 aliphatic rings. The Morgan fingerprint density at radius 3 is 2.00 bits per heavy atom. The van der Waals surface area contributed by atoms with Gasteiger partial charge in [-0.1, -0.05) is 87.9 Å². The maximum atomic E-state index is 14.9. The number of rotatable bonds is 16. The third-order valence-corrected chi connectivity index (χ3v) is 10.3. The van der Waals surface area contributed by atoms with Gasteiger partial charge in [-0.2, -0.15) is 8.78 Å². The summed E-state index contributed by atoms with van der Waals surface area (Å²) in [7, 11) is 0. The number of alkyl halides is 2. The summed E-state index contributed by atoms with van der Waals surface area (Å²) < 4.78 is 49.7. The molecule has 0 heterocycles. The van der Waals surface area contributed by atoms with E-state index in [4.69, 9.17) is 4.74 Å². The van der Waals surface area contributed by atoms with Gasteiger partial charge in [-0.15, -0.1) is 0 Å². The van der Waals surface area contributed by atoms with E-state index in [2.05, 4.69) is 31.2 Å². The van der Waals surface area contributed by atoms with E-state index in [0.717, 1.165) is 49.1 Å². The first-order chi connectivity index (χ1) is 20.9. The molecule has 0 bridgehead atoms. The molecule has 0 atom stereocenters. The highest BCUT2D eigenvalue weighted by Crippen LogP contribution is 2.40. The molecule has 4 rings (SSSR count). The zero-order valence-corrected chi connectivity index (χ0v) is 26.8. The Bertz CT molecular complexity index is 1090. The summed E-state index contributed by atoms with van der Waals surface area (Å²) in [5.41, 5.74) is 2.50. The summed E-state index contributed by atoms with van der Waals surface area (Å²) in [4.78, 5) is 0. The topological polar surface area (TPSA) is 9.23 Å². The molecule has 0 N–H and O–H groups in total. The molecule has 238 valence electrons. The molecule has 2 aliphatic carbocycles. The van der Waals surface area contributed by atoms with E-state index in [1.165, 1.54) is 88.3 Å². The van der Waals surface area contributed by atoms with E-state index in [1.54, 1.807) is 6.07 Å². The molecular formula is C39H55F3O. The zero-order valence-electron chi connectivity index (χ0n) is 26.8. The molecule has 2 saturated carbocycles. The lowest BCUT2D eigenvalue weighted by molar-refractivity contribution is -0.249. The van der Waals surface area contributed by atoms with Gasteiger partial charge in [-0.3, -0.25) is 0 Å². The van der Waals surface area contributed by atoms with Crippen LogP contribution in [0.5, 0.6) is 0 Å². The Kier molecular flexibility index (Phi) is 13.7. The lowest BCUT2D eigenvalue weighted by atomic mass is 9.77. The molecular weight excluding hydrogens is 541 g/mol. The average Bonchev–Trinajstić information content (AvgIpc) is 3.02. The van der Waals surface area contributed by atoms with E-state index >= 15 is 0 Å². The van der Waals surface area contributed by atoms with Crippen molar-refractivity contribution in [2.75, 3.05) is 6.61 Å². The molecule has 1 nitrogen and oxygen atoms in total. The van der Waals surface area contributed by atoms with Crippen LogP contribution in [0.2, 0.25) is 0 Å². The maximum Gasteiger partial charge on any atom is 0.386 e. The van der Waals surface area contributed by atoms with Crippen LogP contribution in [0.25, 0.3) is 0 Å². The smallest absolute Gasteiger partial charge is 0.316 e. The molecule has 0 amide bonds. The third-order valence-electron chi connectivity index (χ3n) is 10.3. The van der Waals surface area contributed by atoms with Crippen LogP contribution in [0.4, 0.5) is 13.2 Å². The lowest BCUT2D eigenvalue weighted by Gasteiger charge is -2.29. The second-order valence-electron chi connectivity index (χ2n) is 13.4. The first kappa shape index (κ1) is 33.8. The van der Waals surface area contributed by atoms with Crippen LogP contribution < -0.4 is 0 Å². The monoisotopic (exact) mass is 596 g/mol. The van der Waals surface area contributed by atoms with Gasteiger partial charge < -0.3 is 4.74 Å². The first-order valence-electron chi connectivity index (χ1n) is 17.4. The molecule has 2 fully saturated rings. The molecule has 0 saturated heterocycles. The van der Waals surface area contributed by atoms with Crippen molar-refractivity contribution < 1.29 is 17.9 Å². The number of hydrogen-bond acceptors (Lipinski definition) is 1. The van der Waals surface area contributed by atoms with Crippen molar-refractivity contribution in [3.05, 3.63) is 82.7 Å². The van der Waals surface area contributed by atoms with Gasteiger partial charge in [0, 0.05) is 0 Å². The van der Waals surface area contributed by atoms with Gasteiger partial charge in [0.25, 0.3) is 0 Å². The minimum atomic E-state index is -3.65. The molecule has 0 aliphatic heterocycles. The van der Waals surface area contributed by atoms with E-state index in [-0.39, 0.29) is 12.5 Å². The fourth-order valence-electron chi connectivity index (χ4n) is 7.46. The minimum Gasteiger partial charge on any atom is -0.316 e. The first-order valence-corrected chi connectivity index (χ1v) is 17.4. The van der Waals surface area contributed by atoms with Crippen molar-refractivity contribution >= 4 is 0 Å². The largest absolute Gasteiger partial charge is 0.386 e. The Morgan fingerprint density at radius 2 is 1.37 bits per heavy atom. The number of allylic oxidation sites excluding steroid dienone is 2. The molecule has 0 spiro atoms. The van der Waals surface area contributed by atoms with Gasteiger partial charge in [-0.25, -0.2) is 4.39 Å². The molecule has 2 aromatic carbocycles. The predicted octanol–water partition coefficient (Wildman–Crippen LogP) is 12.4. The SMILES string of the molecule is C/C=C/CC[C@H]1CC[C@H](c2ccc(C(F)(F)OCCc3ccc([C@H]4CC[C@H](CCCCCCC)CC4)cc3)c(F)c2)CC1. The fourth-order valence-corrected chi connectivity index (χ4v) is 7.46. The predicted molar refractivity (Wildman–Crippen MR) is 173 cm³/mol. The van der Waals surface area contributed by atoms with Crippen LogP contribution in [0, 0.1) is 17.7 Å². The van der Waals surface area contributed by atoms with Crippen LogP contribution in [-0.4, -0.2) is 6.61 Å².